The monoisotopic (exact) mass is 448 g/mol. The first-order chi connectivity index (χ1) is 16.6. The second-order valence-corrected chi connectivity index (χ2v) is 9.02. The largest absolute Gasteiger partial charge is 0.0795 e. The van der Waals surface area contributed by atoms with Crippen molar-refractivity contribution in [3.8, 4) is 0 Å². The Balaban J connectivity index is 0.00000158. The predicted molar refractivity (Wildman–Crippen MR) is 152 cm³/mol. The van der Waals surface area contributed by atoms with Gasteiger partial charge in [-0.15, -0.1) is 0 Å². The van der Waals surface area contributed by atoms with Crippen LogP contribution in [0.15, 0.2) is 91.0 Å². The molecule has 0 fully saturated rings. The van der Waals surface area contributed by atoms with Crippen molar-refractivity contribution in [3.63, 3.8) is 0 Å². The highest BCUT2D eigenvalue weighted by molar-refractivity contribution is 5.83. The van der Waals surface area contributed by atoms with Crippen molar-refractivity contribution in [2.24, 2.45) is 0 Å². The maximum Gasteiger partial charge on any atom is -0.00913 e. The van der Waals surface area contributed by atoms with Crippen LogP contribution >= 0.6 is 0 Å². The molecule has 0 saturated carbocycles. The van der Waals surface area contributed by atoms with Crippen molar-refractivity contribution in [1.82, 2.24) is 0 Å². The van der Waals surface area contributed by atoms with Crippen molar-refractivity contribution >= 4 is 16.8 Å². The molecule has 0 spiro atoms. The molecule has 1 atom stereocenters. The number of aryl methyl sites for hydroxylation is 2. The highest BCUT2D eigenvalue weighted by Gasteiger charge is 2.15. The van der Waals surface area contributed by atoms with Gasteiger partial charge in [-0.25, -0.2) is 0 Å². The summed E-state index contributed by atoms with van der Waals surface area (Å²) in [5, 5.41) is 2.66. The van der Waals surface area contributed by atoms with Crippen LogP contribution in [-0.2, 0) is 12.8 Å². The van der Waals surface area contributed by atoms with Crippen LogP contribution in [0.5, 0.6) is 0 Å². The number of allylic oxidation sites excluding steroid dienone is 1. The topological polar surface area (TPSA) is 0 Å². The van der Waals surface area contributed by atoms with Gasteiger partial charge in [-0.1, -0.05) is 124 Å². The lowest BCUT2D eigenvalue weighted by molar-refractivity contribution is 0.606. The number of rotatable bonds is 8. The van der Waals surface area contributed by atoms with Gasteiger partial charge in [-0.05, 0) is 83.2 Å². The van der Waals surface area contributed by atoms with Crippen LogP contribution in [0, 0.1) is 13.8 Å². The zero-order valence-electron chi connectivity index (χ0n) is 21.6. The minimum atomic E-state index is 0.549. The lowest BCUT2D eigenvalue weighted by Crippen LogP contribution is -2.06. The quantitative estimate of drug-likeness (QED) is 0.251. The summed E-state index contributed by atoms with van der Waals surface area (Å²) in [5.74, 6) is 0.549. The molecule has 0 heterocycles. The van der Waals surface area contributed by atoms with E-state index in [-0.39, 0.29) is 0 Å². The van der Waals surface area contributed by atoms with Gasteiger partial charge in [-0.3, -0.25) is 0 Å². The molecule has 0 aliphatic carbocycles. The van der Waals surface area contributed by atoms with Gasteiger partial charge in [-0.2, -0.15) is 0 Å². The fraction of sp³-hybridized carbons (Fsp3) is 0.294. The Bertz CT molecular complexity index is 1210. The molecule has 4 rings (SSSR count). The lowest BCUT2D eigenvalue weighted by Gasteiger charge is -2.20. The predicted octanol–water partition coefficient (Wildman–Crippen LogP) is 9.87. The van der Waals surface area contributed by atoms with Crippen LogP contribution in [0.3, 0.4) is 0 Å². The molecule has 0 N–H and O–H groups in total. The Labute approximate surface area is 207 Å². The highest BCUT2D eigenvalue weighted by Crippen LogP contribution is 2.30. The summed E-state index contributed by atoms with van der Waals surface area (Å²) in [5.41, 5.74) is 8.38. The van der Waals surface area contributed by atoms with E-state index in [0.29, 0.717) is 5.92 Å². The summed E-state index contributed by atoms with van der Waals surface area (Å²) >= 11 is 0. The van der Waals surface area contributed by atoms with E-state index in [4.69, 9.17) is 0 Å². The first-order valence-corrected chi connectivity index (χ1v) is 12.9. The normalized spacial score (nSPS) is 11.9. The maximum absolute atomic E-state index is 2.38. The van der Waals surface area contributed by atoms with Crippen LogP contribution in [0.25, 0.3) is 16.8 Å². The molecule has 34 heavy (non-hydrogen) atoms. The van der Waals surface area contributed by atoms with Gasteiger partial charge in [0.15, 0.2) is 0 Å². The molecule has 1 unspecified atom stereocenters. The van der Waals surface area contributed by atoms with E-state index < -0.39 is 0 Å². The van der Waals surface area contributed by atoms with Gasteiger partial charge in [0.1, 0.15) is 0 Å². The SMILES string of the molecule is CC.CCCC(Cc1ccc2ccccc2c1)c1ccccc1C/C=C/c1ccc(C)c(C)c1. The van der Waals surface area contributed by atoms with Crippen LogP contribution in [0.1, 0.15) is 72.9 Å². The van der Waals surface area contributed by atoms with Crippen LogP contribution < -0.4 is 0 Å². The van der Waals surface area contributed by atoms with Crippen molar-refractivity contribution in [2.45, 2.75) is 66.2 Å². The maximum atomic E-state index is 2.38. The van der Waals surface area contributed by atoms with E-state index in [1.165, 1.54) is 57.0 Å². The summed E-state index contributed by atoms with van der Waals surface area (Å²) in [6.07, 6.45) is 9.07. The van der Waals surface area contributed by atoms with Gasteiger partial charge in [0.25, 0.3) is 0 Å². The average molecular weight is 449 g/mol. The van der Waals surface area contributed by atoms with Gasteiger partial charge in [0.2, 0.25) is 0 Å². The molecule has 0 radical (unpaired) electrons. The fourth-order valence-corrected chi connectivity index (χ4v) is 4.67. The van der Waals surface area contributed by atoms with Crippen LogP contribution in [0.2, 0.25) is 0 Å². The molecule has 0 saturated heterocycles. The highest BCUT2D eigenvalue weighted by atomic mass is 14.2. The molecule has 0 amide bonds. The molecular formula is C34H40. The third-order valence-electron chi connectivity index (χ3n) is 6.61. The second-order valence-electron chi connectivity index (χ2n) is 9.02. The minimum Gasteiger partial charge on any atom is -0.0795 e. The fourth-order valence-electron chi connectivity index (χ4n) is 4.67. The molecular weight excluding hydrogens is 408 g/mol. The number of benzene rings is 4. The van der Waals surface area contributed by atoms with Crippen molar-refractivity contribution in [1.29, 1.82) is 0 Å². The van der Waals surface area contributed by atoms with Gasteiger partial charge < -0.3 is 0 Å². The molecule has 0 aliphatic heterocycles. The van der Waals surface area contributed by atoms with Crippen LogP contribution in [-0.4, -0.2) is 0 Å². The molecule has 0 aromatic heterocycles. The van der Waals surface area contributed by atoms with Gasteiger partial charge >= 0.3 is 0 Å². The zero-order chi connectivity index (χ0) is 24.3. The first-order valence-electron chi connectivity index (χ1n) is 12.9. The summed E-state index contributed by atoms with van der Waals surface area (Å²) in [6.45, 7) is 10.7. The zero-order valence-corrected chi connectivity index (χ0v) is 21.6. The summed E-state index contributed by atoms with van der Waals surface area (Å²) in [6, 6.07) is 31.4. The average Bonchev–Trinajstić information content (AvgIpc) is 2.87. The second kappa shape index (κ2) is 12.9. The van der Waals surface area contributed by atoms with E-state index in [9.17, 15) is 0 Å². The molecule has 4 aromatic rings. The standard InChI is InChI=1S/C32H34.C2H6/c1-4-10-31(23-27-19-20-28-12-5-6-14-30(28)22-27)32-16-8-7-13-29(32)15-9-11-26-18-17-24(2)25(3)21-26;1-2/h5-9,11-14,16-22,31H,4,10,15,23H2,1-3H3;1-2H3/b11-9+;. The first kappa shape index (κ1) is 25.5. The third-order valence-corrected chi connectivity index (χ3v) is 6.61. The van der Waals surface area contributed by atoms with E-state index in [2.05, 4.69) is 118 Å². The Morgan fingerprint density at radius 2 is 1.47 bits per heavy atom. The minimum absolute atomic E-state index is 0.549. The molecule has 0 bridgehead atoms. The van der Waals surface area contributed by atoms with E-state index >= 15 is 0 Å². The molecule has 176 valence electrons. The van der Waals surface area contributed by atoms with Gasteiger partial charge in [0, 0.05) is 0 Å². The summed E-state index contributed by atoms with van der Waals surface area (Å²) in [4.78, 5) is 0. The lowest BCUT2D eigenvalue weighted by atomic mass is 9.84. The molecule has 4 aromatic carbocycles. The Kier molecular flexibility index (Phi) is 9.71. The summed E-state index contributed by atoms with van der Waals surface area (Å²) in [7, 11) is 0. The number of hydrogen-bond donors (Lipinski definition) is 0. The Morgan fingerprint density at radius 1 is 0.735 bits per heavy atom. The van der Waals surface area contributed by atoms with Gasteiger partial charge in [0.05, 0.1) is 0 Å². The third kappa shape index (κ3) is 6.70. The van der Waals surface area contributed by atoms with E-state index in [1.807, 2.05) is 13.8 Å². The molecule has 0 aliphatic rings. The van der Waals surface area contributed by atoms with Crippen molar-refractivity contribution in [2.75, 3.05) is 0 Å². The Morgan fingerprint density at radius 3 is 2.24 bits per heavy atom. The van der Waals surface area contributed by atoms with Crippen molar-refractivity contribution in [3.05, 3.63) is 124 Å². The molecule has 0 heteroatoms. The smallest absolute Gasteiger partial charge is 0.00913 e. The number of hydrogen-bond acceptors (Lipinski definition) is 0. The Hall–Kier alpha value is -3.12. The van der Waals surface area contributed by atoms with Crippen LogP contribution in [0.4, 0.5) is 0 Å². The molecule has 0 nitrogen and oxygen atoms in total. The van der Waals surface area contributed by atoms with Crippen molar-refractivity contribution < 1.29 is 0 Å². The summed E-state index contributed by atoms with van der Waals surface area (Å²) < 4.78 is 0. The number of fused-ring (bicyclic) bond motifs is 1. The van der Waals surface area contributed by atoms with E-state index in [0.717, 1.165) is 12.8 Å². The van der Waals surface area contributed by atoms with E-state index in [1.54, 1.807) is 0 Å².